The van der Waals surface area contributed by atoms with Crippen LogP contribution < -0.4 is 5.73 Å². The average molecular weight is 326 g/mol. The van der Waals surface area contributed by atoms with Crippen molar-refractivity contribution in [1.29, 1.82) is 0 Å². The molecule has 21 heavy (non-hydrogen) atoms. The van der Waals surface area contributed by atoms with Gasteiger partial charge in [-0.25, -0.2) is 9.97 Å². The topological polar surface area (TPSA) is 89.1 Å². The molecule has 1 heterocycles. The van der Waals surface area contributed by atoms with Gasteiger partial charge >= 0.3 is 5.97 Å². The molecular weight excluding hydrogens is 313 g/mol. The van der Waals surface area contributed by atoms with Crippen molar-refractivity contribution in [3.8, 4) is 0 Å². The molecule has 0 radical (unpaired) electrons. The molecule has 0 fully saturated rings. The molecule has 0 saturated heterocycles. The van der Waals surface area contributed by atoms with Crippen molar-refractivity contribution in [2.24, 2.45) is 0 Å². The number of nitrogen functional groups attached to an aromatic ring is 1. The summed E-state index contributed by atoms with van der Waals surface area (Å²) >= 11 is 12.1. The first-order valence-corrected chi connectivity index (χ1v) is 6.93. The lowest BCUT2D eigenvalue weighted by molar-refractivity contribution is -0.138. The van der Waals surface area contributed by atoms with Crippen molar-refractivity contribution >= 4 is 34.9 Å². The Morgan fingerprint density at radius 1 is 1.24 bits per heavy atom. The number of nitrogens with two attached hydrogens (primary N) is 1. The van der Waals surface area contributed by atoms with Crippen molar-refractivity contribution in [2.75, 3.05) is 5.73 Å². The largest absolute Gasteiger partial charge is 0.481 e. The maximum atomic E-state index is 11.0. The second kappa shape index (κ2) is 6.28. The Labute approximate surface area is 131 Å². The van der Waals surface area contributed by atoms with Crippen molar-refractivity contribution in [1.82, 2.24) is 9.97 Å². The highest BCUT2D eigenvalue weighted by molar-refractivity contribution is 6.35. The fourth-order valence-electron chi connectivity index (χ4n) is 1.84. The first-order valence-electron chi connectivity index (χ1n) is 6.17. The van der Waals surface area contributed by atoms with Gasteiger partial charge in [0.1, 0.15) is 16.1 Å². The summed E-state index contributed by atoms with van der Waals surface area (Å²) in [6, 6.07) is 7.27. The van der Waals surface area contributed by atoms with E-state index in [0.717, 1.165) is 5.56 Å². The standard InChI is InChI=1S/C14H13Cl2N3O2/c1-7(14(20)21)11-12(15)18-10(19-13(11)16)6-8-2-4-9(17)5-3-8/h2-5,7H,6,17H2,1H3,(H,20,21). The minimum atomic E-state index is -1.03. The van der Waals surface area contributed by atoms with E-state index >= 15 is 0 Å². The Morgan fingerprint density at radius 2 is 1.76 bits per heavy atom. The fourth-order valence-corrected chi connectivity index (χ4v) is 2.58. The lowest BCUT2D eigenvalue weighted by Crippen LogP contribution is -2.11. The monoisotopic (exact) mass is 325 g/mol. The zero-order valence-corrected chi connectivity index (χ0v) is 12.7. The van der Waals surface area contributed by atoms with Crippen LogP contribution in [0.1, 0.15) is 29.8 Å². The maximum Gasteiger partial charge on any atom is 0.310 e. The van der Waals surface area contributed by atoms with Gasteiger partial charge < -0.3 is 10.8 Å². The third-order valence-electron chi connectivity index (χ3n) is 3.04. The fraction of sp³-hybridized carbons (Fsp3) is 0.214. The molecule has 1 unspecified atom stereocenters. The zero-order chi connectivity index (χ0) is 15.6. The Balaban J connectivity index is 2.31. The minimum absolute atomic E-state index is 0.0651. The second-order valence-electron chi connectivity index (χ2n) is 4.61. The molecule has 1 atom stereocenters. The van der Waals surface area contributed by atoms with E-state index < -0.39 is 11.9 Å². The first kappa shape index (κ1) is 15.5. The summed E-state index contributed by atoms with van der Waals surface area (Å²) in [5.41, 5.74) is 7.47. The third-order valence-corrected chi connectivity index (χ3v) is 3.62. The van der Waals surface area contributed by atoms with Gasteiger partial charge in [0.25, 0.3) is 0 Å². The molecule has 2 aromatic rings. The predicted molar refractivity (Wildman–Crippen MR) is 81.8 cm³/mol. The molecule has 0 aliphatic carbocycles. The number of anilines is 1. The van der Waals surface area contributed by atoms with Crippen LogP contribution in [0.2, 0.25) is 10.3 Å². The van der Waals surface area contributed by atoms with E-state index in [-0.39, 0.29) is 15.9 Å². The van der Waals surface area contributed by atoms with Crippen LogP contribution in [-0.2, 0) is 11.2 Å². The SMILES string of the molecule is CC(C(=O)O)c1c(Cl)nc(Cc2ccc(N)cc2)nc1Cl. The highest BCUT2D eigenvalue weighted by Gasteiger charge is 2.23. The molecule has 3 N–H and O–H groups in total. The van der Waals surface area contributed by atoms with Gasteiger partial charge in [-0.05, 0) is 24.6 Å². The number of carboxylic acid groups (broad SMARTS) is 1. The van der Waals surface area contributed by atoms with Crippen molar-refractivity contribution < 1.29 is 9.90 Å². The van der Waals surface area contributed by atoms with Gasteiger partial charge in [-0.1, -0.05) is 35.3 Å². The number of carboxylic acids is 1. The van der Waals surface area contributed by atoms with Gasteiger partial charge in [0.15, 0.2) is 0 Å². The molecule has 1 aromatic carbocycles. The zero-order valence-electron chi connectivity index (χ0n) is 11.2. The molecule has 1 aromatic heterocycles. The summed E-state index contributed by atoms with van der Waals surface area (Å²) in [6.45, 7) is 1.48. The molecular formula is C14H13Cl2N3O2. The van der Waals surface area contributed by atoms with Gasteiger partial charge in [-0.15, -0.1) is 0 Å². The number of aliphatic carboxylic acids is 1. The predicted octanol–water partition coefficient (Wildman–Crippen LogP) is 3.14. The molecule has 5 nitrogen and oxygen atoms in total. The summed E-state index contributed by atoms with van der Waals surface area (Å²) < 4.78 is 0. The first-order chi connectivity index (χ1) is 9.88. The minimum Gasteiger partial charge on any atom is -0.481 e. The molecule has 0 saturated carbocycles. The average Bonchev–Trinajstić information content (AvgIpc) is 2.40. The van der Waals surface area contributed by atoms with Crippen LogP contribution in [0, 0.1) is 0 Å². The lowest BCUT2D eigenvalue weighted by Gasteiger charge is -2.11. The number of hydrogen-bond donors (Lipinski definition) is 2. The number of rotatable bonds is 4. The highest BCUT2D eigenvalue weighted by atomic mass is 35.5. The highest BCUT2D eigenvalue weighted by Crippen LogP contribution is 2.29. The van der Waals surface area contributed by atoms with Gasteiger partial charge in [0.2, 0.25) is 0 Å². The van der Waals surface area contributed by atoms with Crippen LogP contribution in [0.15, 0.2) is 24.3 Å². The van der Waals surface area contributed by atoms with Crippen LogP contribution in [0.5, 0.6) is 0 Å². The van der Waals surface area contributed by atoms with Crippen LogP contribution >= 0.6 is 23.2 Å². The van der Waals surface area contributed by atoms with Crippen LogP contribution in [0.4, 0.5) is 5.69 Å². The number of hydrogen-bond acceptors (Lipinski definition) is 4. The molecule has 2 rings (SSSR count). The van der Waals surface area contributed by atoms with Crippen LogP contribution in [0.3, 0.4) is 0 Å². The van der Waals surface area contributed by atoms with E-state index in [1.54, 1.807) is 12.1 Å². The Bertz CT molecular complexity index is 651. The number of benzene rings is 1. The van der Waals surface area contributed by atoms with Gasteiger partial charge in [-0.2, -0.15) is 0 Å². The number of carbonyl (C=O) groups is 1. The summed E-state index contributed by atoms with van der Waals surface area (Å²) in [6.07, 6.45) is 0.432. The Morgan fingerprint density at radius 3 is 2.24 bits per heavy atom. The molecule has 0 aliphatic heterocycles. The van der Waals surface area contributed by atoms with Crippen LogP contribution in [0.25, 0.3) is 0 Å². The Kier molecular flexibility index (Phi) is 4.65. The van der Waals surface area contributed by atoms with Crippen molar-refractivity contribution in [3.63, 3.8) is 0 Å². The van der Waals surface area contributed by atoms with E-state index in [2.05, 4.69) is 9.97 Å². The lowest BCUT2D eigenvalue weighted by atomic mass is 10.1. The van der Waals surface area contributed by atoms with Crippen molar-refractivity contribution in [2.45, 2.75) is 19.3 Å². The summed E-state index contributed by atoms with van der Waals surface area (Å²) in [7, 11) is 0. The van der Waals surface area contributed by atoms with E-state index in [1.165, 1.54) is 6.92 Å². The Hall–Kier alpha value is -1.85. The third kappa shape index (κ3) is 3.62. The molecule has 110 valence electrons. The quantitative estimate of drug-likeness (QED) is 0.665. The van der Waals surface area contributed by atoms with Gasteiger partial charge in [0.05, 0.1) is 5.92 Å². The molecule has 7 heteroatoms. The summed E-state index contributed by atoms with van der Waals surface area (Å²) in [5, 5.41) is 9.16. The van der Waals surface area contributed by atoms with Crippen LogP contribution in [-0.4, -0.2) is 21.0 Å². The summed E-state index contributed by atoms with van der Waals surface area (Å²) in [4.78, 5) is 19.3. The van der Waals surface area contributed by atoms with Gasteiger partial charge in [0, 0.05) is 17.7 Å². The second-order valence-corrected chi connectivity index (χ2v) is 5.33. The maximum absolute atomic E-state index is 11.0. The molecule has 0 amide bonds. The number of halogens is 2. The van der Waals surface area contributed by atoms with E-state index in [1.807, 2.05) is 12.1 Å². The smallest absolute Gasteiger partial charge is 0.310 e. The molecule has 0 spiro atoms. The van der Waals surface area contributed by atoms with Crippen molar-refractivity contribution in [3.05, 3.63) is 51.5 Å². The molecule has 0 bridgehead atoms. The van der Waals surface area contributed by atoms with E-state index in [9.17, 15) is 4.79 Å². The normalized spacial score (nSPS) is 12.1. The van der Waals surface area contributed by atoms with E-state index in [0.29, 0.717) is 17.9 Å². The molecule has 0 aliphatic rings. The van der Waals surface area contributed by atoms with Gasteiger partial charge in [-0.3, -0.25) is 4.79 Å². The number of nitrogens with zero attached hydrogens (tertiary/aromatic N) is 2. The summed E-state index contributed by atoms with van der Waals surface area (Å²) in [5.74, 6) is -1.47. The number of aromatic nitrogens is 2. The van der Waals surface area contributed by atoms with E-state index in [4.69, 9.17) is 34.0 Å².